The van der Waals surface area contributed by atoms with Crippen molar-refractivity contribution < 1.29 is 71.5 Å². The zero-order chi connectivity index (χ0) is 90.7. The van der Waals surface area contributed by atoms with Gasteiger partial charge in [-0.3, -0.25) is 0 Å². The number of para-hydroxylation sites is 1. The van der Waals surface area contributed by atoms with Gasteiger partial charge >= 0.3 is 0 Å². The fourth-order valence-electron chi connectivity index (χ4n) is 16.9. The third-order valence-electron chi connectivity index (χ3n) is 23.6. The molecule has 14 N–H and O–H groups in total. The molecule has 0 radical (unpaired) electrons. The van der Waals surface area contributed by atoms with E-state index in [0.717, 1.165) is 156 Å². The fourth-order valence-corrected chi connectivity index (χ4v) is 16.9. The van der Waals surface area contributed by atoms with Crippen molar-refractivity contribution in [3.05, 3.63) is 445 Å². The molecule has 14 nitrogen and oxygen atoms in total. The highest BCUT2D eigenvalue weighted by molar-refractivity contribution is 5.61. The minimum atomic E-state index is -0.188. The molecule has 0 fully saturated rings. The largest absolute Gasteiger partial charge is 0.508 e. The minimum absolute atomic E-state index is 0.0493. The van der Waals surface area contributed by atoms with Crippen molar-refractivity contribution in [2.24, 2.45) is 0 Å². The molecule has 0 aromatic heterocycles. The van der Waals surface area contributed by atoms with Crippen molar-refractivity contribution in [3.8, 4) is 80.5 Å². The van der Waals surface area contributed by atoms with Crippen molar-refractivity contribution in [1.82, 2.24) is 0 Å². The molecule has 125 heavy (non-hydrogen) atoms. The van der Waals surface area contributed by atoms with Gasteiger partial charge in [-0.25, -0.2) is 0 Å². The van der Waals surface area contributed by atoms with Gasteiger partial charge in [-0.1, -0.05) is 146 Å². The maximum absolute atomic E-state index is 10.4. The standard InChI is InChI=1S/2C23H24O3.C23H24O2.2C21H20O3/c1-13-11-18(24)5-7-20(13)22(21-8-6-19(25)12-14(21)2)17-9-15(3)23(26)16(4)10-17;1-13-11-21(25)15(3)9-19(13)23(17-5-7-18(24)8-6-17)20-10-16(4)22(26)12-14(20)2;1-14-12-21(24)16(3)10-19(14)23(18-8-6-5-7-9-18)20-11-17(4)22(25)13-15(20)2;1-13-11-17(23)7-9-19(13)21(15-3-5-16(22)6-4-15)20-10-8-18(24)12-14(20)2;1-13-11-15(22)7-9-17(13)21(19-5-3-4-6-20(19)24)18-10-8-16(23)12-14(18)2/h5-12,22,24-26H,1-4H3;5-12,23-26H,1-4H3;5-13,23-25H,1-4H3;2*3-12,21-24H,1-2H3. The molecule has 0 saturated heterocycles. The first kappa shape index (κ1) is 91.2. The Bertz CT molecular complexity index is 6090. The minimum Gasteiger partial charge on any atom is -0.508 e. The van der Waals surface area contributed by atoms with Crippen LogP contribution in [-0.2, 0) is 0 Å². The molecule has 640 valence electrons. The summed E-state index contributed by atoms with van der Waals surface area (Å²) in [6, 6.07) is 83.5. The van der Waals surface area contributed by atoms with Gasteiger partial charge in [0.25, 0.3) is 0 Å². The van der Waals surface area contributed by atoms with E-state index in [1.54, 1.807) is 121 Å². The molecule has 0 spiro atoms. The summed E-state index contributed by atoms with van der Waals surface area (Å²) in [5.74, 6) is 3.31. The molecule has 14 heteroatoms. The van der Waals surface area contributed by atoms with Crippen molar-refractivity contribution >= 4 is 0 Å². The Hall–Kier alpha value is -14.5. The molecule has 0 amide bonds. The second kappa shape index (κ2) is 39.6. The van der Waals surface area contributed by atoms with E-state index >= 15 is 0 Å². The molecule has 0 bridgehead atoms. The van der Waals surface area contributed by atoms with Crippen LogP contribution >= 0.6 is 0 Å². The zero-order valence-electron chi connectivity index (χ0n) is 73.6. The van der Waals surface area contributed by atoms with Crippen LogP contribution in [0, 0.1) is 111 Å². The molecule has 0 saturated carbocycles. The van der Waals surface area contributed by atoms with E-state index in [1.165, 1.54) is 16.7 Å². The Morgan fingerprint density at radius 3 is 0.616 bits per heavy atom. The first-order valence-corrected chi connectivity index (χ1v) is 41.5. The zero-order valence-corrected chi connectivity index (χ0v) is 73.6. The van der Waals surface area contributed by atoms with E-state index in [2.05, 4.69) is 24.3 Å². The average Bonchev–Trinajstić information content (AvgIpc) is 0.834. The van der Waals surface area contributed by atoms with Gasteiger partial charge in [0.2, 0.25) is 0 Å². The fraction of sp³-hybridized carbons (Fsp3) is 0.189. The number of phenols is 14. The van der Waals surface area contributed by atoms with Crippen LogP contribution in [0.3, 0.4) is 0 Å². The highest BCUT2D eigenvalue weighted by atomic mass is 16.3. The summed E-state index contributed by atoms with van der Waals surface area (Å²) < 4.78 is 0. The van der Waals surface area contributed by atoms with Crippen LogP contribution in [0.5, 0.6) is 80.5 Å². The Balaban J connectivity index is 0.000000152. The van der Waals surface area contributed by atoms with Crippen LogP contribution in [0.2, 0.25) is 0 Å². The quantitative estimate of drug-likeness (QED) is 0.0425. The summed E-state index contributed by atoms with van der Waals surface area (Å²) in [5.41, 5.74) is 31.0. The van der Waals surface area contributed by atoms with Crippen LogP contribution in [0.25, 0.3) is 0 Å². The SMILES string of the molecule is Cc1cc(C(c2ccc(O)cc2)c2cc(C)c(O)cc2C)c(C)cc1O.Cc1cc(C(c2ccccc2)c2cc(C)c(O)cc2C)c(C)cc1O.Cc1cc(O)ccc1C(c1cc(C)c(O)c(C)c1)c1ccc(O)cc1C.Cc1cc(O)ccc1C(c1ccc(O)cc1)c1ccc(O)cc1C.Cc1cc(O)ccc1C(c1ccc(O)cc1C)c1ccccc1O. The van der Waals surface area contributed by atoms with Gasteiger partial charge in [0.15, 0.2) is 0 Å². The number of aromatic hydroxyl groups is 14. The maximum Gasteiger partial charge on any atom is 0.121 e. The predicted octanol–water partition coefficient (Wildman–Crippen LogP) is 25.1. The molecule has 0 heterocycles. The van der Waals surface area contributed by atoms with Crippen LogP contribution in [0.4, 0.5) is 0 Å². The van der Waals surface area contributed by atoms with E-state index < -0.39 is 0 Å². The molecule has 0 aliphatic rings. The molecule has 15 aromatic rings. The second-order valence-electron chi connectivity index (χ2n) is 33.0. The average molecular weight is 1670 g/mol. The van der Waals surface area contributed by atoms with E-state index in [1.807, 2.05) is 238 Å². The lowest BCUT2D eigenvalue weighted by molar-refractivity contribution is 0.466. The van der Waals surface area contributed by atoms with Gasteiger partial charge in [-0.2, -0.15) is 0 Å². The van der Waals surface area contributed by atoms with E-state index in [0.29, 0.717) is 17.2 Å². The number of rotatable bonds is 15. The van der Waals surface area contributed by atoms with Gasteiger partial charge in [0, 0.05) is 35.2 Å². The van der Waals surface area contributed by atoms with Crippen molar-refractivity contribution in [2.75, 3.05) is 0 Å². The lowest BCUT2D eigenvalue weighted by Crippen LogP contribution is -2.08. The number of phenolic OH excluding ortho intramolecular Hbond substituents is 14. The summed E-state index contributed by atoms with van der Waals surface area (Å²) in [4.78, 5) is 0. The van der Waals surface area contributed by atoms with Gasteiger partial charge in [-0.15, -0.1) is 0 Å². The predicted molar refractivity (Wildman–Crippen MR) is 500 cm³/mol. The molecular weight excluding hydrogens is 1560 g/mol. The van der Waals surface area contributed by atoms with Crippen LogP contribution in [0.1, 0.15) is 202 Å². The maximum atomic E-state index is 10.4. The highest BCUT2D eigenvalue weighted by Crippen LogP contribution is 2.47. The summed E-state index contributed by atoms with van der Waals surface area (Å²) in [7, 11) is 0. The number of aryl methyl sites for hydroxylation is 16. The summed E-state index contributed by atoms with van der Waals surface area (Å²) in [6.45, 7) is 31.3. The van der Waals surface area contributed by atoms with Crippen LogP contribution in [-0.4, -0.2) is 71.5 Å². The third-order valence-corrected chi connectivity index (χ3v) is 23.6. The van der Waals surface area contributed by atoms with Gasteiger partial charge in [0.1, 0.15) is 80.5 Å². The van der Waals surface area contributed by atoms with Gasteiger partial charge in [-0.05, 0) is 405 Å². The van der Waals surface area contributed by atoms with Gasteiger partial charge < -0.3 is 71.5 Å². The molecule has 0 aliphatic carbocycles. The highest BCUT2D eigenvalue weighted by Gasteiger charge is 2.29. The topological polar surface area (TPSA) is 283 Å². The van der Waals surface area contributed by atoms with E-state index in [4.69, 9.17) is 0 Å². The van der Waals surface area contributed by atoms with Gasteiger partial charge in [0.05, 0.1) is 0 Å². The number of hydrogen-bond donors (Lipinski definition) is 14. The Labute approximate surface area is 733 Å². The second-order valence-corrected chi connectivity index (χ2v) is 33.0. The number of benzene rings is 15. The monoisotopic (exact) mass is 1670 g/mol. The summed E-state index contributed by atoms with van der Waals surface area (Å²) >= 11 is 0. The summed E-state index contributed by atoms with van der Waals surface area (Å²) in [6.07, 6.45) is 0. The smallest absolute Gasteiger partial charge is 0.121 e. The number of hydrogen-bond acceptors (Lipinski definition) is 14. The molecule has 0 unspecified atom stereocenters. The Kier molecular flexibility index (Phi) is 28.9. The summed E-state index contributed by atoms with van der Waals surface area (Å²) in [5, 5.41) is 139. The lowest BCUT2D eigenvalue weighted by atomic mass is 9.80. The molecule has 15 aromatic carbocycles. The first-order chi connectivity index (χ1) is 59.3. The van der Waals surface area contributed by atoms with Crippen LogP contribution < -0.4 is 0 Å². The molecular formula is C111H112O14. The Morgan fingerprint density at radius 1 is 0.136 bits per heavy atom. The first-order valence-electron chi connectivity index (χ1n) is 41.5. The van der Waals surface area contributed by atoms with Crippen molar-refractivity contribution in [1.29, 1.82) is 0 Å². The normalized spacial score (nSPS) is 11.0. The van der Waals surface area contributed by atoms with Crippen LogP contribution in [0.15, 0.2) is 273 Å². The van der Waals surface area contributed by atoms with E-state index in [-0.39, 0.29) is 92.8 Å². The third kappa shape index (κ3) is 21.5. The Morgan fingerprint density at radius 2 is 0.352 bits per heavy atom. The van der Waals surface area contributed by atoms with Crippen molar-refractivity contribution in [3.63, 3.8) is 0 Å². The van der Waals surface area contributed by atoms with Crippen molar-refractivity contribution in [2.45, 2.75) is 140 Å². The lowest BCUT2D eigenvalue weighted by Gasteiger charge is -2.24. The van der Waals surface area contributed by atoms with E-state index in [9.17, 15) is 71.5 Å². The molecule has 15 rings (SSSR count). The molecule has 0 atom stereocenters. The molecule has 0 aliphatic heterocycles.